The monoisotopic (exact) mass is 1450 g/mol. The van der Waals surface area contributed by atoms with E-state index in [1.165, 1.54) is 43.5 Å². The first-order chi connectivity index (χ1) is 44.1. The van der Waals surface area contributed by atoms with E-state index in [0.717, 1.165) is 10.6 Å². The molecular weight excluding hydrogens is 1370 g/mol. The molecule has 0 fully saturated rings. The zero-order valence-corrected chi connectivity index (χ0v) is 65.5. The van der Waals surface area contributed by atoms with E-state index in [-0.39, 0.29) is 177 Å². The topological polar surface area (TPSA) is 330 Å². The van der Waals surface area contributed by atoms with Gasteiger partial charge in [-0.2, -0.15) is 21.4 Å². The summed E-state index contributed by atoms with van der Waals surface area (Å²) in [4.78, 5) is 41.0. The number of nitrogens with zero attached hydrogens (tertiary/aromatic N) is 2. The maximum Gasteiger partial charge on any atom is 1.00 e. The van der Waals surface area contributed by atoms with E-state index in [1.54, 1.807) is 69.5 Å². The zero-order chi connectivity index (χ0) is 67.6. The fraction of sp³-hybridized carbons (Fsp3) is 0.394. The van der Waals surface area contributed by atoms with Gasteiger partial charge in [0.2, 0.25) is 5.69 Å². The second kappa shape index (κ2) is 39.0. The van der Waals surface area contributed by atoms with Crippen LogP contribution in [0.5, 0.6) is 0 Å². The van der Waals surface area contributed by atoms with Crippen molar-refractivity contribution in [3.05, 3.63) is 174 Å². The van der Waals surface area contributed by atoms with Crippen molar-refractivity contribution < 1.29 is 178 Å². The van der Waals surface area contributed by atoms with Gasteiger partial charge in [-0.25, -0.2) is 21.6 Å². The summed E-state index contributed by atoms with van der Waals surface area (Å²) in [6, 6.07) is 32.5. The Bertz CT molecular complexity index is 4050. The van der Waals surface area contributed by atoms with Crippen LogP contribution in [0.25, 0.3) is 0 Å². The number of carbonyl (C=O) groups excluding carboxylic acids is 3. The standard InChI is InChI=1S/C66H80N3O19PS4.3Na/c1-65(34-18-44-90(73,74)75)56-47-53(92(79,80)81)29-32-58(56)68(37-16-8-9-20-50(70)21-17-36-67-63(71)49-28-31-55(64(72)86-4)60(46-49)89(51-22-10-5-11-23-51)52-24-12-6-13-25-52)61(65)26-14-7-15-27-62-66(2,35-19-45-91(76,77)78)57-48-54(93(82,83)84)30-33-59(57)69(62)38-39-87-42-43-88-41-40-85-3;;;/h5-7,10-15,22-33,46-48H,8-9,16-21,34-45H2,1-4H3,(H4-,67,71,73,74,75,76,77,78,79,80,81,82,83,84);;;/q;3*+1/p-1. The molecule has 30 heteroatoms. The molecule has 5 aromatic rings. The van der Waals surface area contributed by atoms with Crippen LogP contribution >= 0.6 is 7.92 Å². The average Bonchev–Trinajstić information content (AvgIpc) is 1.58. The van der Waals surface area contributed by atoms with Crippen LogP contribution in [0, 0.1) is 0 Å². The number of fused-ring (bicyclic) bond motifs is 2. The van der Waals surface area contributed by atoms with Crippen LogP contribution in [0.2, 0.25) is 0 Å². The second-order valence-corrected chi connectivity index (χ2v) is 30.9. The molecule has 1 amide bonds. The van der Waals surface area contributed by atoms with E-state index < -0.39 is 81.6 Å². The molecule has 2 aliphatic heterocycles. The molecule has 5 aromatic carbocycles. The third kappa shape index (κ3) is 23.7. The quantitative estimate of drug-likeness (QED) is 0.00778. The first kappa shape index (κ1) is 84.8. The Morgan fingerprint density at radius 2 is 1.25 bits per heavy atom. The second-order valence-electron chi connectivity index (χ2n) is 22.8. The fourth-order valence-corrected chi connectivity index (χ4v) is 16.3. The number of Topliss-reactive ketones (excluding diaryl/α,β-unsaturated/α-hetero) is 1. The van der Waals surface area contributed by atoms with E-state index in [2.05, 4.69) is 5.32 Å². The molecule has 2 atom stereocenters. The van der Waals surface area contributed by atoms with E-state index in [1.807, 2.05) is 70.1 Å². The molecule has 502 valence electrons. The Labute approximate surface area is 631 Å². The number of allylic oxidation sites excluding steroid dienone is 6. The molecule has 2 heterocycles. The predicted molar refractivity (Wildman–Crippen MR) is 353 cm³/mol. The molecule has 96 heavy (non-hydrogen) atoms. The minimum absolute atomic E-state index is 0. The normalized spacial score (nSPS) is 16.7. The average molecular weight is 1450 g/mol. The SMILES string of the molecule is COCCOCCOCCN1C(=CC=CC=CC2=[N+](CCCCCC(=O)CCCNC(=O)c3ccc(C(=O)OC)c(P(c4ccccc4)c4ccccc4)c3)c3ccc(S(=O)(=O)[O-])cc3C2(C)CCCS(=O)(=O)[O-])C(C)(CCCS(=O)(=O)O)c2cc(S(=O)(=O)O)ccc21.[Na+].[Na+].[Na+]. The molecule has 2 aliphatic rings. The summed E-state index contributed by atoms with van der Waals surface area (Å²) in [6.45, 7) is 5.75. The maximum absolute atomic E-state index is 13.6. The van der Waals surface area contributed by atoms with Crippen molar-refractivity contribution in [2.24, 2.45) is 0 Å². The number of benzene rings is 5. The van der Waals surface area contributed by atoms with Gasteiger partial charge in [0.25, 0.3) is 26.1 Å². The Morgan fingerprint density at radius 1 is 0.646 bits per heavy atom. The first-order valence-electron chi connectivity index (χ1n) is 30.3. The third-order valence-corrected chi connectivity index (χ3v) is 22.1. The number of amides is 1. The van der Waals surface area contributed by atoms with Gasteiger partial charge in [-0.1, -0.05) is 78.9 Å². The molecule has 0 spiro atoms. The van der Waals surface area contributed by atoms with E-state index in [4.69, 9.17) is 18.9 Å². The maximum atomic E-state index is 13.6. The Kier molecular flexibility index (Phi) is 34.4. The van der Waals surface area contributed by atoms with E-state index >= 15 is 0 Å². The molecule has 0 aromatic heterocycles. The number of methoxy groups -OCH3 is 2. The molecule has 0 aliphatic carbocycles. The number of hydrogen-bond acceptors (Lipinski definition) is 18. The molecule has 3 N–H and O–H groups in total. The number of esters is 1. The summed E-state index contributed by atoms with van der Waals surface area (Å²) in [5.74, 6) is -2.23. The number of carbonyl (C=O) groups is 3. The van der Waals surface area contributed by atoms with Gasteiger partial charge in [-0.15, -0.1) is 0 Å². The fourth-order valence-electron chi connectivity index (χ4n) is 11.8. The number of rotatable bonds is 37. The first-order valence-corrected chi connectivity index (χ1v) is 37.6. The van der Waals surface area contributed by atoms with Crippen LogP contribution in [0.1, 0.15) is 110 Å². The molecule has 0 saturated heterocycles. The molecule has 0 bridgehead atoms. The van der Waals surface area contributed by atoms with Crippen molar-refractivity contribution in [2.75, 3.05) is 83.3 Å². The smallest absolute Gasteiger partial charge is 0.748 e. The Morgan fingerprint density at radius 3 is 1.86 bits per heavy atom. The van der Waals surface area contributed by atoms with Gasteiger partial charge in [-0.05, 0) is 137 Å². The van der Waals surface area contributed by atoms with E-state index in [9.17, 15) is 66.3 Å². The third-order valence-electron chi connectivity index (χ3n) is 16.3. The number of nitrogens with one attached hydrogen (secondary N) is 1. The van der Waals surface area contributed by atoms with Gasteiger partial charge in [0.1, 0.15) is 22.4 Å². The largest absolute Gasteiger partial charge is 1.00 e. The number of ether oxygens (including phenoxy) is 4. The minimum atomic E-state index is -4.97. The zero-order valence-electron chi connectivity index (χ0n) is 55.3. The Hall–Kier alpha value is -3.65. The van der Waals surface area contributed by atoms with Gasteiger partial charge in [0.05, 0.1) is 76.8 Å². The van der Waals surface area contributed by atoms with Crippen molar-refractivity contribution >= 4 is 99.1 Å². The van der Waals surface area contributed by atoms with Crippen molar-refractivity contribution in [2.45, 2.75) is 98.7 Å². The molecular formula is C66H79N3Na3O19PS4+2. The minimum Gasteiger partial charge on any atom is -0.748 e. The Balaban J connectivity index is 0.00000653. The van der Waals surface area contributed by atoms with Crippen molar-refractivity contribution in [3.63, 3.8) is 0 Å². The molecule has 7 rings (SSSR count). The molecule has 2 unspecified atom stereocenters. The summed E-state index contributed by atoms with van der Waals surface area (Å²) < 4.78 is 166. The van der Waals surface area contributed by atoms with Gasteiger partial charge >= 0.3 is 94.6 Å². The van der Waals surface area contributed by atoms with Crippen molar-refractivity contribution in [1.82, 2.24) is 5.32 Å². The van der Waals surface area contributed by atoms with Crippen LogP contribution in [0.4, 0.5) is 11.4 Å². The van der Waals surface area contributed by atoms with Crippen molar-refractivity contribution in [1.29, 1.82) is 0 Å². The molecule has 0 radical (unpaired) electrons. The van der Waals surface area contributed by atoms with Crippen LogP contribution in [0.3, 0.4) is 0 Å². The van der Waals surface area contributed by atoms with Crippen LogP contribution in [-0.2, 0) is 75.0 Å². The number of ketones is 1. The summed E-state index contributed by atoms with van der Waals surface area (Å²) in [6.07, 6.45) is 10.9. The number of anilines is 1. The molecule has 22 nitrogen and oxygen atoms in total. The van der Waals surface area contributed by atoms with Crippen LogP contribution in [-0.4, -0.2) is 158 Å². The van der Waals surface area contributed by atoms with Crippen LogP contribution in [0.15, 0.2) is 161 Å². The summed E-state index contributed by atoms with van der Waals surface area (Å²) >= 11 is 0. The van der Waals surface area contributed by atoms with E-state index in [0.29, 0.717) is 95.8 Å². The van der Waals surface area contributed by atoms with Crippen molar-refractivity contribution in [3.8, 4) is 0 Å². The number of unbranched alkanes of at least 4 members (excludes halogenated alkanes) is 2. The molecule has 0 saturated carbocycles. The predicted octanol–water partition coefficient (Wildman–Crippen LogP) is -1.46. The van der Waals surface area contributed by atoms with Gasteiger partial charge in [0.15, 0.2) is 5.71 Å². The van der Waals surface area contributed by atoms with Crippen LogP contribution < -0.4 is 115 Å². The number of hydrogen-bond donors (Lipinski definition) is 3. The van der Waals surface area contributed by atoms with Gasteiger partial charge in [-0.3, -0.25) is 18.7 Å². The summed E-state index contributed by atoms with van der Waals surface area (Å²) in [7, 11) is -17.2. The summed E-state index contributed by atoms with van der Waals surface area (Å²) in [5, 5.41) is 5.53. The summed E-state index contributed by atoms with van der Waals surface area (Å²) in [5.41, 5.74) is 1.54. The van der Waals surface area contributed by atoms with Gasteiger partial charge < -0.3 is 38.3 Å². The van der Waals surface area contributed by atoms with Gasteiger partial charge in [0, 0.05) is 90.6 Å².